The molecule has 5 rings (SSSR count). The second kappa shape index (κ2) is 9.77. The fourth-order valence-electron chi connectivity index (χ4n) is 4.75. The number of nitrogens with one attached hydrogen (secondary N) is 1. The fourth-order valence-corrected chi connectivity index (χ4v) is 5.96. The summed E-state index contributed by atoms with van der Waals surface area (Å²) in [7, 11) is -1.10. The number of hydrogen-bond donors (Lipinski definition) is 1. The lowest BCUT2D eigenvalue weighted by Crippen LogP contribution is -2.37. The van der Waals surface area contributed by atoms with Gasteiger partial charge in [0.05, 0.1) is 5.39 Å². The Morgan fingerprint density at radius 2 is 1.70 bits per heavy atom. The number of rotatable bonds is 6. The molecule has 0 radical (unpaired) electrons. The van der Waals surface area contributed by atoms with Crippen LogP contribution in [0.2, 0.25) is 5.02 Å². The third kappa shape index (κ3) is 4.68. The zero-order chi connectivity index (χ0) is 26.3. The lowest BCUT2D eigenvalue weighted by Gasteiger charge is -2.27. The highest BCUT2D eigenvalue weighted by Crippen LogP contribution is 2.37. The van der Waals surface area contributed by atoms with E-state index in [1.54, 1.807) is 0 Å². The maximum Gasteiger partial charge on any atom is 0.332 e. The first-order chi connectivity index (χ1) is 17.7. The molecule has 2 aromatic heterocycles. The maximum atomic E-state index is 13.0. The average Bonchev–Trinajstić information content (AvgIpc) is 3.05. The number of halogens is 1. The Labute approximate surface area is 219 Å². The Kier molecular flexibility index (Phi) is 6.65. The van der Waals surface area contributed by atoms with Gasteiger partial charge >= 0.3 is 5.69 Å². The van der Waals surface area contributed by atoms with Gasteiger partial charge in [0.1, 0.15) is 10.5 Å². The molecule has 4 aromatic rings. The number of aryl methyl sites for hydroxylation is 3. The quantitative estimate of drug-likeness (QED) is 0.378. The van der Waals surface area contributed by atoms with Gasteiger partial charge in [-0.15, -0.1) is 0 Å². The minimum Gasteiger partial charge on any atom is -0.341 e. The van der Waals surface area contributed by atoms with Gasteiger partial charge in [0, 0.05) is 49.8 Å². The molecule has 0 fully saturated rings. The van der Waals surface area contributed by atoms with Gasteiger partial charge in [-0.05, 0) is 54.7 Å². The van der Waals surface area contributed by atoms with E-state index in [1.807, 2.05) is 30.3 Å². The molecule has 9 nitrogen and oxygen atoms in total. The second-order valence-corrected chi connectivity index (χ2v) is 11.3. The molecule has 3 heterocycles. The molecule has 192 valence electrons. The Morgan fingerprint density at radius 1 is 0.973 bits per heavy atom. The summed E-state index contributed by atoms with van der Waals surface area (Å²) in [5, 5.41) is 0.707. The summed E-state index contributed by atoms with van der Waals surface area (Å²) < 4.78 is 30.8. The fraction of sp³-hybridized carbons (Fsp3) is 0.269. The van der Waals surface area contributed by atoms with Crippen LogP contribution >= 0.6 is 11.6 Å². The molecule has 1 N–H and O–H groups in total. The van der Waals surface area contributed by atoms with Gasteiger partial charge in [-0.1, -0.05) is 35.9 Å². The van der Waals surface area contributed by atoms with Crippen molar-refractivity contribution in [3.8, 4) is 0 Å². The lowest BCUT2D eigenvalue weighted by atomic mass is 10.0. The van der Waals surface area contributed by atoms with Crippen LogP contribution < -0.4 is 20.9 Å². The van der Waals surface area contributed by atoms with Gasteiger partial charge in [-0.25, -0.2) is 22.9 Å². The van der Waals surface area contributed by atoms with E-state index in [9.17, 15) is 18.0 Å². The number of fused-ring (bicyclic) bond motifs is 3. The highest BCUT2D eigenvalue weighted by atomic mass is 35.5. The largest absolute Gasteiger partial charge is 0.341 e. The molecular weight excluding hydrogens is 514 g/mol. The van der Waals surface area contributed by atoms with Crippen LogP contribution in [0.5, 0.6) is 0 Å². The predicted molar refractivity (Wildman–Crippen MR) is 144 cm³/mol. The summed E-state index contributed by atoms with van der Waals surface area (Å²) in [6.45, 7) is 0.756. The summed E-state index contributed by atoms with van der Waals surface area (Å²) in [4.78, 5) is 30.8. The number of anilines is 2. The standard InChI is InChI=1S/C26H26ClN5O4S/c1-30-24-21(25(33)31(2)26(30)34)15-20(16-28-24)37(35,36)29-12-5-13-32-22-7-4-3-6-17(22)8-9-18-10-11-19(27)14-23(18)32/h3-4,6-7,10-11,14-16,29H,5,8-9,12-13H2,1-2H3. The molecule has 0 saturated carbocycles. The molecule has 11 heteroatoms. The normalized spacial score (nSPS) is 13.3. The van der Waals surface area contributed by atoms with E-state index in [4.69, 9.17) is 11.6 Å². The van der Waals surface area contributed by atoms with Crippen LogP contribution in [-0.4, -0.2) is 35.6 Å². The van der Waals surface area contributed by atoms with Crippen molar-refractivity contribution < 1.29 is 8.42 Å². The number of sulfonamides is 1. The molecule has 37 heavy (non-hydrogen) atoms. The minimum absolute atomic E-state index is 0.0575. The Morgan fingerprint density at radius 3 is 2.49 bits per heavy atom. The Hall–Kier alpha value is -3.47. The number of nitrogens with zero attached hydrogens (tertiary/aromatic N) is 4. The topological polar surface area (TPSA) is 106 Å². The smallest absolute Gasteiger partial charge is 0.332 e. The van der Waals surface area contributed by atoms with E-state index >= 15 is 0 Å². The van der Waals surface area contributed by atoms with Crippen LogP contribution in [-0.2, 0) is 37.0 Å². The number of aromatic nitrogens is 3. The average molecular weight is 540 g/mol. The molecule has 1 aliphatic rings. The molecule has 0 atom stereocenters. The number of benzene rings is 2. The van der Waals surface area contributed by atoms with Gasteiger partial charge in [0.2, 0.25) is 10.0 Å². The Bertz CT molecular complexity index is 1750. The van der Waals surface area contributed by atoms with Gasteiger partial charge in [-0.3, -0.25) is 13.9 Å². The first-order valence-corrected chi connectivity index (χ1v) is 13.7. The van der Waals surface area contributed by atoms with E-state index in [0.29, 0.717) is 18.0 Å². The van der Waals surface area contributed by atoms with Crippen molar-refractivity contribution in [2.45, 2.75) is 24.2 Å². The molecule has 2 aromatic carbocycles. The molecule has 0 spiro atoms. The minimum atomic E-state index is -3.93. The summed E-state index contributed by atoms with van der Waals surface area (Å²) in [6, 6.07) is 15.4. The van der Waals surface area contributed by atoms with Gasteiger partial charge < -0.3 is 4.90 Å². The van der Waals surface area contributed by atoms with E-state index < -0.39 is 21.3 Å². The monoisotopic (exact) mass is 539 g/mol. The molecular formula is C26H26ClN5O4S. The van der Waals surface area contributed by atoms with E-state index in [2.05, 4.69) is 26.7 Å². The third-order valence-corrected chi connectivity index (χ3v) is 8.38. The number of hydrogen-bond acceptors (Lipinski definition) is 6. The molecule has 0 amide bonds. The van der Waals surface area contributed by atoms with Crippen LogP contribution in [0.25, 0.3) is 11.0 Å². The van der Waals surface area contributed by atoms with E-state index in [-0.39, 0.29) is 22.5 Å². The zero-order valence-corrected chi connectivity index (χ0v) is 22.0. The van der Waals surface area contributed by atoms with Crippen molar-refractivity contribution in [3.05, 3.63) is 91.7 Å². The summed E-state index contributed by atoms with van der Waals surface area (Å²) >= 11 is 6.33. The first-order valence-electron chi connectivity index (χ1n) is 11.9. The van der Waals surface area contributed by atoms with Crippen molar-refractivity contribution in [3.63, 3.8) is 0 Å². The number of pyridine rings is 1. The van der Waals surface area contributed by atoms with Crippen molar-refractivity contribution >= 4 is 44.0 Å². The highest BCUT2D eigenvalue weighted by molar-refractivity contribution is 7.89. The summed E-state index contributed by atoms with van der Waals surface area (Å²) in [5.41, 5.74) is 3.54. The van der Waals surface area contributed by atoms with Gasteiger partial charge in [0.25, 0.3) is 5.56 Å². The molecule has 0 aliphatic carbocycles. The van der Waals surface area contributed by atoms with E-state index in [1.165, 1.54) is 35.9 Å². The predicted octanol–water partition coefficient (Wildman–Crippen LogP) is 2.89. The van der Waals surface area contributed by atoms with Crippen LogP contribution in [0.3, 0.4) is 0 Å². The highest BCUT2D eigenvalue weighted by Gasteiger charge is 2.22. The molecule has 1 aliphatic heterocycles. The van der Waals surface area contributed by atoms with Crippen molar-refractivity contribution in [2.24, 2.45) is 14.1 Å². The number of para-hydroxylation sites is 1. The molecule has 0 saturated heterocycles. The SMILES string of the molecule is Cn1c(=O)c2cc(S(=O)(=O)NCCCN3c4ccccc4CCc4ccc(Cl)cc43)cnc2n(C)c1=O. The maximum absolute atomic E-state index is 13.0. The summed E-state index contributed by atoms with van der Waals surface area (Å²) in [5.74, 6) is 0. The van der Waals surface area contributed by atoms with Crippen LogP contribution in [0.15, 0.2) is 69.2 Å². The lowest BCUT2D eigenvalue weighted by molar-refractivity contribution is 0.579. The summed E-state index contributed by atoms with van der Waals surface area (Å²) in [6.07, 6.45) is 3.49. The van der Waals surface area contributed by atoms with Gasteiger partial charge in [0.15, 0.2) is 0 Å². The molecule has 0 bridgehead atoms. The molecule has 0 unspecified atom stereocenters. The van der Waals surface area contributed by atoms with Crippen LogP contribution in [0.4, 0.5) is 11.4 Å². The van der Waals surface area contributed by atoms with Crippen molar-refractivity contribution in [1.29, 1.82) is 0 Å². The van der Waals surface area contributed by atoms with Crippen LogP contribution in [0.1, 0.15) is 17.5 Å². The zero-order valence-electron chi connectivity index (χ0n) is 20.4. The van der Waals surface area contributed by atoms with Crippen molar-refractivity contribution in [2.75, 3.05) is 18.0 Å². The second-order valence-electron chi connectivity index (χ2n) is 9.05. The first kappa shape index (κ1) is 25.2. The van der Waals surface area contributed by atoms with E-state index in [0.717, 1.165) is 35.0 Å². The van der Waals surface area contributed by atoms with Crippen LogP contribution in [0, 0.1) is 0 Å². The van der Waals surface area contributed by atoms with Crippen molar-refractivity contribution in [1.82, 2.24) is 18.8 Å². The van der Waals surface area contributed by atoms with Gasteiger partial charge in [-0.2, -0.15) is 0 Å². The third-order valence-electron chi connectivity index (χ3n) is 6.71. The Balaban J connectivity index is 1.36.